The van der Waals surface area contributed by atoms with Crippen molar-refractivity contribution in [1.29, 1.82) is 0 Å². The molecule has 2 atom stereocenters. The summed E-state index contributed by atoms with van der Waals surface area (Å²) in [6.45, 7) is 1.86. The van der Waals surface area contributed by atoms with Crippen molar-refractivity contribution < 1.29 is 42.2 Å². The maximum atomic E-state index is 13.2. The van der Waals surface area contributed by atoms with Crippen LogP contribution in [-0.2, 0) is 19.1 Å². The van der Waals surface area contributed by atoms with E-state index in [1.165, 1.54) is 24.2 Å². The minimum atomic E-state index is -5.08. The molecule has 0 saturated carbocycles. The molecule has 18 heteroatoms. The summed E-state index contributed by atoms with van der Waals surface area (Å²) < 4.78 is 37.9. The number of halogens is 4. The highest BCUT2D eigenvalue weighted by atomic mass is 35.5. The van der Waals surface area contributed by atoms with Crippen molar-refractivity contribution >= 4 is 52.9 Å². The molecule has 4 aromatic rings. The molecule has 2 aromatic carbocycles. The Hall–Kier alpha value is -5.84. The summed E-state index contributed by atoms with van der Waals surface area (Å²) >= 11 is 6.21. The fourth-order valence-corrected chi connectivity index (χ4v) is 4.97. The highest BCUT2D eigenvalue weighted by Gasteiger charge is 2.38. The van der Waals surface area contributed by atoms with Crippen LogP contribution in [0.4, 0.5) is 29.3 Å². The van der Waals surface area contributed by atoms with Gasteiger partial charge in [0.25, 0.3) is 0 Å². The molecule has 2 aromatic heterocycles. The van der Waals surface area contributed by atoms with Gasteiger partial charge in [-0.05, 0) is 77.4 Å². The van der Waals surface area contributed by atoms with Gasteiger partial charge < -0.3 is 20.5 Å². The number of tetrazole rings is 1. The topological polar surface area (TPSA) is 190 Å². The third kappa shape index (κ3) is 10.1. The van der Waals surface area contributed by atoms with Gasteiger partial charge in [0.15, 0.2) is 0 Å². The van der Waals surface area contributed by atoms with Gasteiger partial charge in [0.05, 0.1) is 30.2 Å². The average Bonchev–Trinajstić information content (AvgIpc) is 3.61. The van der Waals surface area contributed by atoms with E-state index in [4.69, 9.17) is 26.2 Å². The van der Waals surface area contributed by atoms with Gasteiger partial charge in [-0.1, -0.05) is 31.0 Å². The van der Waals surface area contributed by atoms with Crippen LogP contribution in [-0.4, -0.2) is 67.5 Å². The van der Waals surface area contributed by atoms with Crippen LogP contribution in [0.3, 0.4) is 0 Å². The maximum Gasteiger partial charge on any atom is 0.490 e. The first-order valence-electron chi connectivity index (χ1n) is 14.8. The number of aromatic nitrogens is 5. The third-order valence-corrected chi connectivity index (χ3v) is 7.53. The number of aliphatic carboxylic acids is 1. The molecule has 1 aliphatic heterocycles. The number of ether oxygens (including phenoxy) is 1. The number of amides is 3. The lowest BCUT2D eigenvalue weighted by molar-refractivity contribution is -0.192. The van der Waals surface area contributed by atoms with E-state index in [9.17, 15) is 27.6 Å². The van der Waals surface area contributed by atoms with Crippen LogP contribution < -0.4 is 16.0 Å². The van der Waals surface area contributed by atoms with Crippen LogP contribution in [0, 0.1) is 5.92 Å². The molecule has 1 aliphatic rings. The zero-order valence-corrected chi connectivity index (χ0v) is 27.2. The molecule has 0 aliphatic carbocycles. The lowest BCUT2D eigenvalue weighted by Crippen LogP contribution is -2.28. The zero-order chi connectivity index (χ0) is 36.4. The summed E-state index contributed by atoms with van der Waals surface area (Å²) in [4.78, 5) is 51.5. The maximum absolute atomic E-state index is 13.2. The molecule has 14 nitrogen and oxygen atoms in total. The van der Waals surface area contributed by atoms with Gasteiger partial charge >= 0.3 is 18.2 Å². The van der Waals surface area contributed by atoms with E-state index in [-0.39, 0.29) is 17.7 Å². The Labute approximate surface area is 287 Å². The molecule has 4 N–H and O–H groups in total. The number of rotatable bonds is 5. The second-order valence-electron chi connectivity index (χ2n) is 10.8. The number of nitrogens with zero attached hydrogens (tertiary/aromatic N) is 5. The van der Waals surface area contributed by atoms with Crippen LogP contribution in [0.25, 0.3) is 22.9 Å². The van der Waals surface area contributed by atoms with Gasteiger partial charge in [0.2, 0.25) is 11.8 Å². The van der Waals surface area contributed by atoms with Crippen molar-refractivity contribution in [2.24, 2.45) is 5.92 Å². The van der Waals surface area contributed by atoms with Crippen LogP contribution >= 0.6 is 11.6 Å². The molecule has 0 radical (unpaired) electrons. The largest absolute Gasteiger partial charge is 0.490 e. The summed E-state index contributed by atoms with van der Waals surface area (Å²) in [5.41, 5.74) is 4.53. The van der Waals surface area contributed by atoms with Crippen molar-refractivity contribution in [1.82, 2.24) is 30.5 Å². The third-order valence-electron chi connectivity index (χ3n) is 7.29. The first kappa shape index (κ1) is 37.0. The van der Waals surface area contributed by atoms with Gasteiger partial charge in [-0.2, -0.15) is 17.9 Å². The summed E-state index contributed by atoms with van der Waals surface area (Å²) in [5.74, 6) is -3.52. The van der Waals surface area contributed by atoms with Gasteiger partial charge in [0, 0.05) is 40.0 Å². The van der Waals surface area contributed by atoms with Crippen LogP contribution in [0.2, 0.25) is 5.02 Å². The molecule has 262 valence electrons. The number of carbonyl (C=O) groups excluding carboxylic acids is 3. The number of pyridine rings is 1. The van der Waals surface area contributed by atoms with E-state index in [0.29, 0.717) is 52.6 Å². The Morgan fingerprint density at radius 1 is 1.12 bits per heavy atom. The van der Waals surface area contributed by atoms with Crippen molar-refractivity contribution in [3.63, 3.8) is 0 Å². The first-order chi connectivity index (χ1) is 23.7. The first-order valence-corrected chi connectivity index (χ1v) is 15.2. The normalized spacial score (nSPS) is 16.0. The molecule has 2 bridgehead atoms. The number of hydrogen-bond donors (Lipinski definition) is 4. The van der Waals surface area contributed by atoms with Crippen LogP contribution in [0.5, 0.6) is 0 Å². The molecular weight excluding hydrogens is 685 g/mol. The second kappa shape index (κ2) is 16.5. The van der Waals surface area contributed by atoms with E-state index in [1.807, 2.05) is 19.1 Å². The van der Waals surface area contributed by atoms with Gasteiger partial charge in [-0.25, -0.2) is 9.59 Å². The molecule has 50 heavy (non-hydrogen) atoms. The SMILES string of the molecule is COC(=O)Nc1ccc2c(c1)NC(=O)[C@H](C)CCC[C@H](NC(=O)/C=C/c1cc(Cl)ccc1-n1cnnn1)c1cc-2ccn1.O=C(O)C(F)(F)F. The molecule has 3 heterocycles. The smallest absolute Gasteiger partial charge is 0.475 e. The van der Waals surface area contributed by atoms with Gasteiger partial charge in [-0.3, -0.25) is 19.9 Å². The van der Waals surface area contributed by atoms with Gasteiger partial charge in [-0.15, -0.1) is 5.10 Å². The summed E-state index contributed by atoms with van der Waals surface area (Å²) in [5, 5.41) is 27.6. The van der Waals surface area contributed by atoms with Crippen LogP contribution in [0.15, 0.2) is 67.1 Å². The number of carboxylic acid groups (broad SMARTS) is 1. The standard InChI is InChI=1S/C30H29ClN8O4.C2HF3O2/c1-18-4-3-5-24(35-28(40)11-6-20-14-21(31)7-10-27(20)39-17-33-37-38-39)26-15-19(12-13-32-26)23-9-8-22(34-30(42)43-2)16-25(23)36-29(18)41;3-2(4,5)1(6)7/h6-18,24H,3-5H2,1-2H3,(H,34,42)(H,35,40)(H,36,41);(H,6,7)/b11-6+;/t18-,24+;/m1./s1. The number of fused-ring (bicyclic) bond motifs is 4. The minimum Gasteiger partial charge on any atom is -0.475 e. The van der Waals surface area contributed by atoms with Crippen molar-refractivity contribution in [2.75, 3.05) is 17.7 Å². The number of alkyl halides is 3. The lowest BCUT2D eigenvalue weighted by atomic mass is 9.95. The second-order valence-corrected chi connectivity index (χ2v) is 11.3. The minimum absolute atomic E-state index is 0.144. The molecular formula is C32H30ClF3N8O6. The highest BCUT2D eigenvalue weighted by molar-refractivity contribution is 6.30. The predicted octanol–water partition coefficient (Wildman–Crippen LogP) is 5.82. The molecule has 5 rings (SSSR count). The van der Waals surface area contributed by atoms with E-state index in [0.717, 1.165) is 11.1 Å². The number of methoxy groups -OCH3 is 1. The van der Waals surface area contributed by atoms with Crippen molar-refractivity contribution in [3.05, 3.63) is 83.4 Å². The molecule has 3 amide bonds. The Morgan fingerprint density at radius 3 is 2.56 bits per heavy atom. The van der Waals surface area contributed by atoms with E-state index in [2.05, 4.69) is 36.5 Å². The molecule has 0 spiro atoms. The average molecular weight is 715 g/mol. The quantitative estimate of drug-likeness (QED) is 0.183. The Bertz CT molecular complexity index is 1890. The molecule has 0 fully saturated rings. The number of hydrogen-bond acceptors (Lipinski definition) is 9. The fourth-order valence-electron chi connectivity index (χ4n) is 4.79. The lowest BCUT2D eigenvalue weighted by Gasteiger charge is -2.22. The number of nitrogens with one attached hydrogen (secondary N) is 3. The molecule has 0 saturated heterocycles. The number of benzene rings is 2. The Morgan fingerprint density at radius 2 is 1.88 bits per heavy atom. The summed E-state index contributed by atoms with van der Waals surface area (Å²) in [7, 11) is 1.28. The van der Waals surface area contributed by atoms with E-state index in [1.54, 1.807) is 48.7 Å². The summed E-state index contributed by atoms with van der Waals surface area (Å²) in [6.07, 6.45) is 2.36. The fraction of sp³-hybridized carbons (Fsp3) is 0.250. The van der Waals surface area contributed by atoms with E-state index < -0.39 is 24.3 Å². The Kier molecular flexibility index (Phi) is 12.2. The van der Waals surface area contributed by atoms with E-state index >= 15 is 0 Å². The number of carbonyl (C=O) groups is 4. The van der Waals surface area contributed by atoms with Crippen LogP contribution in [0.1, 0.15) is 43.5 Å². The Balaban J connectivity index is 0.000000727. The molecule has 0 unspecified atom stereocenters. The monoisotopic (exact) mass is 714 g/mol. The predicted molar refractivity (Wildman–Crippen MR) is 175 cm³/mol. The van der Waals surface area contributed by atoms with Crippen molar-refractivity contribution in [2.45, 2.75) is 38.4 Å². The van der Waals surface area contributed by atoms with Crippen molar-refractivity contribution in [3.8, 4) is 16.8 Å². The number of carboxylic acids is 1. The summed E-state index contributed by atoms with van der Waals surface area (Å²) in [6, 6.07) is 13.7. The highest BCUT2D eigenvalue weighted by Crippen LogP contribution is 2.34. The zero-order valence-electron chi connectivity index (χ0n) is 26.4. The number of anilines is 2. The van der Waals surface area contributed by atoms with Gasteiger partial charge in [0.1, 0.15) is 6.33 Å².